The van der Waals surface area contributed by atoms with Gasteiger partial charge < -0.3 is 4.57 Å². The van der Waals surface area contributed by atoms with Gasteiger partial charge in [0.05, 0.1) is 0 Å². The quantitative estimate of drug-likeness (QED) is 0.801. The van der Waals surface area contributed by atoms with Gasteiger partial charge in [-0.3, -0.25) is 5.10 Å². The largest absolute Gasteiger partial charge is 0.304 e. The molecule has 4 heteroatoms. The molecule has 0 aromatic carbocycles. The van der Waals surface area contributed by atoms with Crippen molar-refractivity contribution in [2.75, 3.05) is 0 Å². The van der Waals surface area contributed by atoms with Crippen LogP contribution in [0.4, 0.5) is 0 Å². The number of rotatable bonds is 2. The maximum Gasteiger partial charge on any atom is 0.195 e. The molecule has 0 aliphatic heterocycles. The first-order chi connectivity index (χ1) is 7.75. The third kappa shape index (κ3) is 1.39. The molecule has 0 unspecified atom stereocenters. The number of aromatic amines is 1. The molecule has 0 radical (unpaired) electrons. The average molecular weight is 237 g/mol. The summed E-state index contributed by atoms with van der Waals surface area (Å²) in [5.74, 6) is 2.23. The second kappa shape index (κ2) is 3.69. The van der Waals surface area contributed by atoms with Crippen LogP contribution in [0.15, 0.2) is 0 Å². The highest BCUT2D eigenvalue weighted by atomic mass is 32.1. The van der Waals surface area contributed by atoms with Gasteiger partial charge in [-0.05, 0) is 63.6 Å². The van der Waals surface area contributed by atoms with Gasteiger partial charge >= 0.3 is 0 Å². The van der Waals surface area contributed by atoms with Crippen LogP contribution in [0, 0.1) is 10.7 Å². The molecule has 3 saturated carbocycles. The molecule has 1 heterocycles. The number of hydrogen-bond donors (Lipinski definition) is 1. The highest BCUT2D eigenvalue weighted by Gasteiger charge is 2.44. The van der Waals surface area contributed by atoms with Crippen LogP contribution < -0.4 is 0 Å². The Bertz CT molecular complexity index is 424. The molecule has 0 saturated heterocycles. The van der Waals surface area contributed by atoms with Crippen LogP contribution >= 0.6 is 12.2 Å². The van der Waals surface area contributed by atoms with Crippen molar-refractivity contribution >= 4 is 12.2 Å². The molecule has 16 heavy (non-hydrogen) atoms. The van der Waals surface area contributed by atoms with Crippen LogP contribution in [0.1, 0.15) is 51.3 Å². The van der Waals surface area contributed by atoms with Gasteiger partial charge in [0.1, 0.15) is 5.82 Å². The number of nitrogens with zero attached hydrogens (tertiary/aromatic N) is 2. The Balaban J connectivity index is 2.04. The summed E-state index contributed by atoms with van der Waals surface area (Å²) in [7, 11) is 0. The molecule has 3 fully saturated rings. The molecule has 1 aromatic heterocycles. The van der Waals surface area contributed by atoms with Gasteiger partial charge in [0.15, 0.2) is 4.77 Å². The van der Waals surface area contributed by atoms with E-state index in [2.05, 4.69) is 21.7 Å². The predicted molar refractivity (Wildman–Crippen MR) is 66.0 cm³/mol. The molecule has 2 bridgehead atoms. The van der Waals surface area contributed by atoms with Gasteiger partial charge in [-0.25, -0.2) is 0 Å². The molecule has 1 N–H and O–H groups in total. The Hall–Kier alpha value is -0.640. The van der Waals surface area contributed by atoms with Crippen LogP contribution in [0.25, 0.3) is 0 Å². The lowest BCUT2D eigenvalue weighted by molar-refractivity contribution is 0.124. The Morgan fingerprint density at radius 1 is 1.38 bits per heavy atom. The van der Waals surface area contributed by atoms with Crippen LogP contribution in [0.5, 0.6) is 0 Å². The summed E-state index contributed by atoms with van der Waals surface area (Å²) >= 11 is 5.30. The van der Waals surface area contributed by atoms with Gasteiger partial charge in [-0.15, -0.1) is 0 Å². The van der Waals surface area contributed by atoms with Crippen LogP contribution in [-0.4, -0.2) is 14.8 Å². The summed E-state index contributed by atoms with van der Waals surface area (Å²) < 4.78 is 2.99. The van der Waals surface area contributed by atoms with Gasteiger partial charge in [-0.1, -0.05) is 0 Å². The summed E-state index contributed by atoms with van der Waals surface area (Å²) in [6.07, 6.45) is 8.13. The second-order valence-electron chi connectivity index (χ2n) is 5.36. The number of H-pyrrole nitrogens is 1. The summed E-state index contributed by atoms with van der Waals surface area (Å²) in [5, 5.41) is 7.50. The normalized spacial score (nSPS) is 33.2. The zero-order chi connectivity index (χ0) is 11.2. The fourth-order valence-electron chi connectivity index (χ4n) is 3.60. The standard InChI is InChI=1S/C12H19N3S/c1-2-15-10(13-14-11(15)16)12-6-3-9(4-7-12)5-8-12/h9H,2-8H2,1H3,(H,14,16). The van der Waals surface area contributed by atoms with Crippen molar-refractivity contribution in [1.82, 2.24) is 14.8 Å². The van der Waals surface area contributed by atoms with Crippen molar-refractivity contribution < 1.29 is 0 Å². The average Bonchev–Trinajstić information content (AvgIpc) is 2.73. The van der Waals surface area contributed by atoms with Crippen LogP contribution in [0.3, 0.4) is 0 Å². The minimum atomic E-state index is 0.346. The van der Waals surface area contributed by atoms with Gasteiger partial charge in [0, 0.05) is 12.0 Å². The van der Waals surface area contributed by atoms with Crippen molar-refractivity contribution in [3.63, 3.8) is 0 Å². The van der Waals surface area contributed by atoms with Crippen molar-refractivity contribution in [3.8, 4) is 0 Å². The zero-order valence-electron chi connectivity index (χ0n) is 9.83. The Labute approximate surface area is 101 Å². The lowest BCUT2D eigenvalue weighted by Gasteiger charge is -2.45. The zero-order valence-corrected chi connectivity index (χ0v) is 10.6. The first-order valence-corrected chi connectivity index (χ1v) is 6.82. The van der Waals surface area contributed by atoms with E-state index >= 15 is 0 Å². The SMILES string of the molecule is CCn1c(C23CCC(CC2)CC3)n[nH]c1=S. The van der Waals surface area contributed by atoms with E-state index < -0.39 is 0 Å². The molecule has 0 atom stereocenters. The molecule has 0 spiro atoms. The first kappa shape index (κ1) is 10.5. The number of fused-ring (bicyclic) bond motifs is 3. The van der Waals surface area contributed by atoms with Gasteiger partial charge in [0.25, 0.3) is 0 Å². The van der Waals surface area contributed by atoms with E-state index in [0.29, 0.717) is 5.41 Å². The molecule has 88 valence electrons. The minimum Gasteiger partial charge on any atom is -0.304 e. The second-order valence-corrected chi connectivity index (χ2v) is 5.75. The van der Waals surface area contributed by atoms with Crippen molar-refractivity contribution in [2.24, 2.45) is 5.92 Å². The van der Waals surface area contributed by atoms with Crippen molar-refractivity contribution in [1.29, 1.82) is 0 Å². The lowest BCUT2D eigenvalue weighted by Crippen LogP contribution is -2.39. The highest BCUT2D eigenvalue weighted by Crippen LogP contribution is 2.51. The predicted octanol–water partition coefficient (Wildman–Crippen LogP) is 3.18. The molecule has 3 aliphatic carbocycles. The third-order valence-corrected chi connectivity index (χ3v) is 4.95. The molecule has 3 aliphatic rings. The number of hydrogen-bond acceptors (Lipinski definition) is 2. The third-order valence-electron chi connectivity index (χ3n) is 4.64. The molecular weight excluding hydrogens is 218 g/mol. The summed E-state index contributed by atoms with van der Waals surface area (Å²) in [4.78, 5) is 0. The van der Waals surface area contributed by atoms with Crippen molar-refractivity contribution in [2.45, 2.75) is 57.4 Å². The fraction of sp³-hybridized carbons (Fsp3) is 0.833. The smallest absolute Gasteiger partial charge is 0.195 e. The molecule has 3 nitrogen and oxygen atoms in total. The van der Waals surface area contributed by atoms with Crippen LogP contribution in [-0.2, 0) is 12.0 Å². The van der Waals surface area contributed by atoms with E-state index in [4.69, 9.17) is 12.2 Å². The Morgan fingerprint density at radius 2 is 2.00 bits per heavy atom. The molecular formula is C12H19N3S. The van der Waals surface area contributed by atoms with E-state index in [1.165, 1.54) is 44.3 Å². The maximum absolute atomic E-state index is 5.30. The molecule has 4 rings (SSSR count). The lowest BCUT2D eigenvalue weighted by atomic mass is 9.60. The van der Waals surface area contributed by atoms with E-state index in [1.807, 2.05) is 0 Å². The summed E-state index contributed by atoms with van der Waals surface area (Å²) in [5.41, 5.74) is 0.346. The number of nitrogens with one attached hydrogen (secondary N) is 1. The van der Waals surface area contributed by atoms with E-state index in [-0.39, 0.29) is 0 Å². The van der Waals surface area contributed by atoms with Crippen molar-refractivity contribution in [3.05, 3.63) is 10.6 Å². The van der Waals surface area contributed by atoms with Crippen LogP contribution in [0.2, 0.25) is 0 Å². The van der Waals surface area contributed by atoms with E-state index in [0.717, 1.165) is 17.2 Å². The highest BCUT2D eigenvalue weighted by molar-refractivity contribution is 7.71. The fourth-order valence-corrected chi connectivity index (χ4v) is 3.86. The number of aromatic nitrogens is 3. The maximum atomic E-state index is 5.30. The Kier molecular flexibility index (Phi) is 2.42. The van der Waals surface area contributed by atoms with Gasteiger partial charge in [0.2, 0.25) is 0 Å². The van der Waals surface area contributed by atoms with E-state index in [1.54, 1.807) is 0 Å². The monoisotopic (exact) mass is 237 g/mol. The topological polar surface area (TPSA) is 33.6 Å². The van der Waals surface area contributed by atoms with E-state index in [9.17, 15) is 0 Å². The summed E-state index contributed by atoms with van der Waals surface area (Å²) in [6.45, 7) is 3.09. The van der Waals surface area contributed by atoms with Gasteiger partial charge in [-0.2, -0.15) is 5.10 Å². The summed E-state index contributed by atoms with van der Waals surface area (Å²) in [6, 6.07) is 0. The minimum absolute atomic E-state index is 0.346. The molecule has 0 amide bonds. The Morgan fingerprint density at radius 3 is 2.56 bits per heavy atom. The molecule has 1 aromatic rings. The first-order valence-electron chi connectivity index (χ1n) is 6.41.